The molecule has 1 heterocycles. The Balaban J connectivity index is 1.28. The van der Waals surface area contributed by atoms with Gasteiger partial charge in [0.05, 0.1) is 40.2 Å². The summed E-state index contributed by atoms with van der Waals surface area (Å²) in [5, 5.41) is 25.4. The predicted molar refractivity (Wildman–Crippen MR) is 234 cm³/mol. The minimum atomic E-state index is 0.611. The van der Waals surface area contributed by atoms with E-state index in [1.807, 2.05) is 36.4 Å². The third-order valence-electron chi connectivity index (χ3n) is 11.6. The number of nitrogens with zero attached hydrogens (tertiary/aromatic N) is 3. The molecule has 0 atom stereocenters. The molecule has 0 N–H and O–H groups in total. The van der Waals surface area contributed by atoms with Crippen molar-refractivity contribution in [2.24, 2.45) is 0 Å². The van der Waals surface area contributed by atoms with Crippen molar-refractivity contribution in [1.29, 1.82) is 10.5 Å². The summed E-state index contributed by atoms with van der Waals surface area (Å²) < 4.78 is 2.41. The maximum atomic E-state index is 9.74. The highest BCUT2D eigenvalue weighted by molar-refractivity contribution is 6.28. The van der Waals surface area contributed by atoms with Crippen LogP contribution in [0.5, 0.6) is 0 Å². The van der Waals surface area contributed by atoms with Crippen LogP contribution in [0.3, 0.4) is 0 Å². The number of para-hydroxylation sites is 1. The largest absolute Gasteiger partial charge is 0.308 e. The van der Waals surface area contributed by atoms with E-state index in [1.54, 1.807) is 0 Å². The van der Waals surface area contributed by atoms with E-state index in [4.69, 9.17) is 0 Å². The quantitative estimate of drug-likeness (QED) is 0.178. The van der Waals surface area contributed by atoms with Crippen LogP contribution < -0.4 is 0 Å². The lowest BCUT2D eigenvalue weighted by atomic mass is 9.82. The van der Waals surface area contributed by atoms with Crippen molar-refractivity contribution in [2.45, 2.75) is 0 Å². The molecule has 0 unspecified atom stereocenters. The van der Waals surface area contributed by atoms with Crippen molar-refractivity contribution in [1.82, 2.24) is 4.57 Å². The first-order valence-electron chi connectivity index (χ1n) is 19.1. The first-order chi connectivity index (χ1) is 28.2. The van der Waals surface area contributed by atoms with Gasteiger partial charge in [-0.25, -0.2) is 0 Å². The second kappa shape index (κ2) is 12.8. The first-order valence-corrected chi connectivity index (χ1v) is 19.1. The van der Waals surface area contributed by atoms with Crippen LogP contribution in [0.4, 0.5) is 0 Å². The van der Waals surface area contributed by atoms with Crippen LogP contribution in [0.25, 0.3) is 105 Å². The Kier molecular flexibility index (Phi) is 7.30. The number of rotatable bonds is 5. The second-order valence-electron chi connectivity index (χ2n) is 14.6. The van der Waals surface area contributed by atoms with E-state index < -0.39 is 0 Å². The summed E-state index contributed by atoms with van der Waals surface area (Å²) >= 11 is 0. The van der Waals surface area contributed by atoms with Gasteiger partial charge in [0.1, 0.15) is 0 Å². The van der Waals surface area contributed by atoms with Gasteiger partial charge in [0, 0.05) is 16.3 Å². The standard InChI is InChI=1S/C54H31N3/c55-32-34-22-26-38(27-23-34)50-42-18-9-10-21-46(42)57(54(50)39-28-24-35(33-56)25-29-39)47-31-30-45-51-43(47)19-11-20-44(51)52-48(36-12-3-1-4-13-36)40-16-7-8-17-41(40)49(53(45)52)37-14-5-2-6-15-37/h1-31H. The number of hydrogen-bond donors (Lipinski definition) is 0. The van der Waals surface area contributed by atoms with Gasteiger partial charge in [-0.3, -0.25) is 0 Å². The van der Waals surface area contributed by atoms with Crippen molar-refractivity contribution in [3.63, 3.8) is 0 Å². The Labute approximate surface area is 330 Å². The first kappa shape index (κ1) is 32.5. The fourth-order valence-corrected chi connectivity index (χ4v) is 9.26. The highest BCUT2D eigenvalue weighted by Crippen LogP contribution is 2.58. The highest BCUT2D eigenvalue weighted by Gasteiger charge is 2.32. The van der Waals surface area contributed by atoms with Gasteiger partial charge >= 0.3 is 0 Å². The van der Waals surface area contributed by atoms with Crippen molar-refractivity contribution in [2.75, 3.05) is 0 Å². The molecule has 1 aliphatic rings. The maximum absolute atomic E-state index is 9.74. The van der Waals surface area contributed by atoms with Gasteiger partial charge in [-0.2, -0.15) is 10.5 Å². The minimum absolute atomic E-state index is 0.611. The summed E-state index contributed by atoms with van der Waals surface area (Å²) in [6.07, 6.45) is 0. The summed E-state index contributed by atoms with van der Waals surface area (Å²) in [7, 11) is 0. The number of benzene rings is 9. The third kappa shape index (κ3) is 4.84. The Morgan fingerprint density at radius 2 is 0.807 bits per heavy atom. The topological polar surface area (TPSA) is 52.5 Å². The number of aromatic nitrogens is 1. The Morgan fingerprint density at radius 3 is 1.39 bits per heavy atom. The lowest BCUT2D eigenvalue weighted by molar-refractivity contribution is 1.15. The Hall–Kier alpha value is -7.98. The zero-order chi connectivity index (χ0) is 38.0. The van der Waals surface area contributed by atoms with Crippen LogP contribution in [0.15, 0.2) is 188 Å². The van der Waals surface area contributed by atoms with Crippen molar-refractivity contribution in [3.05, 3.63) is 199 Å². The van der Waals surface area contributed by atoms with Gasteiger partial charge in [0.15, 0.2) is 0 Å². The smallest absolute Gasteiger partial charge is 0.0991 e. The molecule has 0 spiro atoms. The molecule has 57 heavy (non-hydrogen) atoms. The second-order valence-corrected chi connectivity index (χ2v) is 14.6. The van der Waals surface area contributed by atoms with Crippen molar-refractivity contribution < 1.29 is 0 Å². The summed E-state index contributed by atoms with van der Waals surface area (Å²) in [4.78, 5) is 0. The molecule has 3 heteroatoms. The van der Waals surface area contributed by atoms with Crippen LogP contribution in [0.1, 0.15) is 11.1 Å². The molecule has 0 saturated carbocycles. The van der Waals surface area contributed by atoms with Gasteiger partial charge < -0.3 is 4.57 Å². The SMILES string of the molecule is N#Cc1ccc(-c2c(-c3ccc(C#N)cc3)n(-c3ccc4c5c(cccc35)-c3c-4c(-c4ccccc4)c4ccccc4c3-c3ccccc3)c3ccccc23)cc1. The molecule has 262 valence electrons. The predicted octanol–water partition coefficient (Wildman–Crippen LogP) is 14.0. The molecule has 1 aromatic heterocycles. The normalized spacial score (nSPS) is 11.5. The summed E-state index contributed by atoms with van der Waals surface area (Å²) in [5.74, 6) is 0. The fourth-order valence-electron chi connectivity index (χ4n) is 9.26. The lowest BCUT2D eigenvalue weighted by Gasteiger charge is -2.20. The average molecular weight is 722 g/mol. The Morgan fingerprint density at radius 1 is 0.333 bits per heavy atom. The zero-order valence-electron chi connectivity index (χ0n) is 30.7. The molecule has 0 aliphatic heterocycles. The van der Waals surface area contributed by atoms with E-state index in [0.717, 1.165) is 44.4 Å². The molecule has 10 aromatic rings. The average Bonchev–Trinajstić information content (AvgIpc) is 3.80. The molecule has 0 saturated heterocycles. The van der Waals surface area contributed by atoms with E-state index in [1.165, 1.54) is 60.7 Å². The van der Waals surface area contributed by atoms with E-state index in [2.05, 4.69) is 168 Å². The number of hydrogen-bond acceptors (Lipinski definition) is 2. The molecular formula is C54H31N3. The zero-order valence-corrected chi connectivity index (χ0v) is 30.7. The molecule has 0 radical (unpaired) electrons. The van der Waals surface area contributed by atoms with Crippen molar-refractivity contribution in [3.8, 4) is 84.7 Å². The number of nitriles is 2. The summed E-state index contributed by atoms with van der Waals surface area (Å²) in [6, 6.07) is 70.8. The fraction of sp³-hybridized carbons (Fsp3) is 0. The van der Waals surface area contributed by atoms with Crippen LogP contribution >= 0.6 is 0 Å². The third-order valence-corrected chi connectivity index (χ3v) is 11.6. The van der Waals surface area contributed by atoms with Gasteiger partial charge in [0.25, 0.3) is 0 Å². The molecule has 0 amide bonds. The maximum Gasteiger partial charge on any atom is 0.0991 e. The van der Waals surface area contributed by atoms with E-state index >= 15 is 0 Å². The molecule has 3 nitrogen and oxygen atoms in total. The lowest BCUT2D eigenvalue weighted by Crippen LogP contribution is -1.99. The molecular weight excluding hydrogens is 691 g/mol. The van der Waals surface area contributed by atoms with E-state index in [0.29, 0.717) is 11.1 Å². The van der Waals surface area contributed by atoms with E-state index in [-0.39, 0.29) is 0 Å². The molecule has 1 aliphatic carbocycles. The number of fused-ring (bicyclic) bond motifs is 5. The van der Waals surface area contributed by atoms with Gasteiger partial charge in [0.2, 0.25) is 0 Å². The Bertz CT molecular complexity index is 3230. The van der Waals surface area contributed by atoms with Gasteiger partial charge in [-0.1, -0.05) is 152 Å². The molecule has 11 rings (SSSR count). The van der Waals surface area contributed by atoms with Crippen molar-refractivity contribution >= 4 is 32.4 Å². The van der Waals surface area contributed by atoms with Gasteiger partial charge in [-0.15, -0.1) is 0 Å². The highest BCUT2D eigenvalue weighted by atomic mass is 15.0. The van der Waals surface area contributed by atoms with Crippen LogP contribution in [-0.4, -0.2) is 4.57 Å². The summed E-state index contributed by atoms with van der Waals surface area (Å²) in [6.45, 7) is 0. The van der Waals surface area contributed by atoms with E-state index in [9.17, 15) is 10.5 Å². The van der Waals surface area contributed by atoms with Crippen LogP contribution in [0.2, 0.25) is 0 Å². The van der Waals surface area contributed by atoms with Gasteiger partial charge in [-0.05, 0) is 108 Å². The molecule has 0 fully saturated rings. The monoisotopic (exact) mass is 721 g/mol. The van der Waals surface area contributed by atoms with Crippen LogP contribution in [0, 0.1) is 22.7 Å². The molecule has 9 aromatic carbocycles. The minimum Gasteiger partial charge on any atom is -0.308 e. The van der Waals surface area contributed by atoms with Crippen LogP contribution in [-0.2, 0) is 0 Å². The molecule has 0 bridgehead atoms. The summed E-state index contributed by atoms with van der Waals surface area (Å²) in [5.41, 5.74) is 17.4.